The molecule has 0 spiro atoms. The maximum atomic E-state index is 12.5. The van der Waals surface area contributed by atoms with Crippen molar-refractivity contribution in [3.05, 3.63) is 88.5 Å². The monoisotopic (exact) mass is 1310 g/mol. The smallest absolute Gasteiger partial charge is 0.425 e. The van der Waals surface area contributed by atoms with E-state index in [1.807, 2.05) is 6.07 Å². The number of azo groups is 3. The number of aromatic hydroxyl groups is 1. The van der Waals surface area contributed by atoms with Crippen LogP contribution >= 0.6 is 23.1 Å². The Morgan fingerprint density at radius 1 is 0.690 bits per heavy atom. The van der Waals surface area contributed by atoms with E-state index < -0.39 is 99.9 Å². The number of imidazole rings is 1. The maximum Gasteiger partial charge on any atom is 0.425 e. The van der Waals surface area contributed by atoms with Crippen LogP contribution in [-0.2, 0) is 67.8 Å². The highest BCUT2D eigenvalue weighted by atomic mass is 32.2. The third-order valence-electron chi connectivity index (χ3n) is 11.7. The molecule has 0 aliphatic carbocycles. The number of pyridine rings is 1. The lowest BCUT2D eigenvalue weighted by atomic mass is 10.1. The van der Waals surface area contributed by atoms with Gasteiger partial charge in [0.2, 0.25) is 11.0 Å². The van der Waals surface area contributed by atoms with E-state index in [9.17, 15) is 80.3 Å². The molecule has 8 aromatic rings. The molecular weight excluding hydrogens is 1270 g/mol. The van der Waals surface area contributed by atoms with Crippen molar-refractivity contribution in [1.82, 2.24) is 14.4 Å². The number of aliphatic hydroxyl groups is 1. The minimum absolute atomic E-state index is 0.0154. The number of aromatic nitrogens is 3. The van der Waals surface area contributed by atoms with Gasteiger partial charge in [0.25, 0.3) is 50.6 Å². The standard InChI is InChI=1S/C45H40N10O18S7.O3S/c1-22-14-32(51-53-38-24(3)29(20-46)43-47-39-36(79(67,68)69)9-7-26(21-56)41(39)55(43)44(38)57)34(73-10-4-12-76(58,59)60)18-30(22)49-52-33-15-23(2)31(19-35(33)74-11-5-13-77(61,62)63)50-54-45-48-40-37(80(70,71)72)16-25-6-8-27(78(64,65)66)17-28(25)42(40)75-45;1-4(2)3/h6-9,14-19,56-57H,4-5,10-13,21H2,1-3H3,(H,58,59,60)(H,61,62,63)(H,64,65,66)(H,67,68,69)(H,70,71,72);. The van der Waals surface area contributed by atoms with Crippen molar-refractivity contribution in [2.24, 2.45) is 30.7 Å². The van der Waals surface area contributed by atoms with Crippen LogP contribution in [0.15, 0.2) is 111 Å². The summed E-state index contributed by atoms with van der Waals surface area (Å²) < 4.78 is 200. The van der Waals surface area contributed by atoms with E-state index in [4.69, 9.17) is 17.4 Å². The molecule has 39 heteroatoms. The van der Waals surface area contributed by atoms with E-state index in [1.54, 1.807) is 19.9 Å². The lowest BCUT2D eigenvalue weighted by Gasteiger charge is -2.12. The average molecular weight is 1310 g/mol. The molecule has 0 amide bonds. The summed E-state index contributed by atoms with van der Waals surface area (Å²) >= 11 is 1.89. The van der Waals surface area contributed by atoms with Crippen LogP contribution in [0.2, 0.25) is 0 Å². The second-order valence-electron chi connectivity index (χ2n) is 17.5. The minimum Gasteiger partial charge on any atom is -0.493 e. The molecule has 5 aromatic carbocycles. The van der Waals surface area contributed by atoms with Crippen molar-refractivity contribution in [2.75, 3.05) is 23.9 Å². The number of thiazole rings is 1. The Hall–Kier alpha value is -7.43. The van der Waals surface area contributed by atoms with E-state index in [0.717, 1.165) is 51.8 Å². The summed E-state index contributed by atoms with van der Waals surface area (Å²) in [6.07, 6.45) is -0.233. The van der Waals surface area contributed by atoms with Gasteiger partial charge >= 0.3 is 10.6 Å². The lowest BCUT2D eigenvalue weighted by molar-refractivity contribution is 0.283. The number of nitrogens with zero attached hydrogens (tertiary/aromatic N) is 10. The molecule has 0 radical (unpaired) electrons. The molecule has 0 atom stereocenters. The van der Waals surface area contributed by atoms with Crippen molar-refractivity contribution < 1.29 is 92.4 Å². The van der Waals surface area contributed by atoms with Crippen molar-refractivity contribution in [2.45, 2.75) is 59.8 Å². The van der Waals surface area contributed by atoms with Crippen molar-refractivity contribution in [3.63, 3.8) is 0 Å². The maximum absolute atomic E-state index is 12.5. The van der Waals surface area contributed by atoms with Gasteiger partial charge in [0.1, 0.15) is 43.9 Å². The van der Waals surface area contributed by atoms with Gasteiger partial charge in [-0.15, -0.1) is 50.0 Å². The second kappa shape index (κ2) is 25.0. The Bertz CT molecular complexity index is 4890. The van der Waals surface area contributed by atoms with Crippen LogP contribution in [0, 0.1) is 32.1 Å². The van der Waals surface area contributed by atoms with Crippen molar-refractivity contribution in [1.29, 1.82) is 5.26 Å². The number of aryl methyl sites for hydroxylation is 2. The molecule has 8 rings (SSSR count). The number of nitriles is 1. The predicted molar refractivity (Wildman–Crippen MR) is 299 cm³/mol. The Morgan fingerprint density at radius 2 is 1.29 bits per heavy atom. The Balaban J connectivity index is 0.00000245. The molecule has 0 bridgehead atoms. The number of benzene rings is 5. The van der Waals surface area contributed by atoms with Crippen LogP contribution < -0.4 is 4.74 Å². The first-order valence-corrected chi connectivity index (χ1v) is 33.4. The van der Waals surface area contributed by atoms with Crippen LogP contribution in [0.1, 0.15) is 40.7 Å². The highest BCUT2D eigenvalue weighted by molar-refractivity contribution is 7.99. The lowest BCUT2D eigenvalue weighted by Crippen LogP contribution is -2.08. The molecule has 0 fully saturated rings. The number of thioether (sulfide) groups is 1. The fourth-order valence-electron chi connectivity index (χ4n) is 7.95. The molecule has 0 aliphatic heterocycles. The number of aliphatic hydroxyl groups excluding tert-OH is 1. The number of rotatable bonds is 20. The molecule has 0 saturated carbocycles. The van der Waals surface area contributed by atoms with Gasteiger partial charge in [-0.3, -0.25) is 27.2 Å². The van der Waals surface area contributed by atoms with Gasteiger partial charge in [-0.05, 0) is 98.3 Å². The first kappa shape index (κ1) is 64.1. The topological polar surface area (TPSA) is 501 Å². The zero-order valence-electron chi connectivity index (χ0n) is 42.8. The summed E-state index contributed by atoms with van der Waals surface area (Å²) in [5.74, 6) is -1.96. The number of hydrogen-bond acceptors (Lipinski definition) is 27. The summed E-state index contributed by atoms with van der Waals surface area (Å²) in [4.78, 5) is 7.06. The van der Waals surface area contributed by atoms with Gasteiger partial charge in [0.15, 0.2) is 11.3 Å². The van der Waals surface area contributed by atoms with Crippen LogP contribution in [-0.4, -0.2) is 126 Å². The SMILES string of the molecule is Cc1cc(N=Nc2cc(OCCCS(=O)(=O)O)c(N=Nc3c(C)c(C#N)c4nc5c(S(=O)(=O)O)ccc(CO)c5n4c3O)cc2C)c(SCCCS(=O)(=O)O)cc1N=Nc1nc2c(S(=O)(=O)O)cc3ccc(S(=O)(=O)O)cc3c2s1.O=S(=O)=O. The quantitative estimate of drug-likeness (QED) is 0.0163. The fourth-order valence-corrected chi connectivity index (χ4v) is 12.9. The largest absolute Gasteiger partial charge is 0.493 e. The van der Waals surface area contributed by atoms with Gasteiger partial charge in [-0.1, -0.05) is 23.5 Å². The molecule has 0 aliphatic rings. The average Bonchev–Trinajstić information content (AvgIpc) is 1.96. The highest BCUT2D eigenvalue weighted by Crippen LogP contribution is 2.45. The van der Waals surface area contributed by atoms with E-state index in [2.05, 4.69) is 40.7 Å². The van der Waals surface area contributed by atoms with Crippen LogP contribution in [0.3, 0.4) is 0 Å². The molecule has 444 valence electrons. The minimum atomic E-state index is -4.91. The number of ether oxygens (including phenoxy) is 1. The molecule has 7 N–H and O–H groups in total. The first-order valence-electron chi connectivity index (χ1n) is 23.1. The summed E-state index contributed by atoms with van der Waals surface area (Å²) in [7, 11) is -26.3. The zero-order chi connectivity index (χ0) is 62.0. The van der Waals surface area contributed by atoms with Gasteiger partial charge < -0.3 is 14.9 Å². The molecule has 31 nitrogen and oxygen atoms in total. The van der Waals surface area contributed by atoms with Crippen LogP contribution in [0.25, 0.3) is 37.7 Å². The summed E-state index contributed by atoms with van der Waals surface area (Å²) in [6.45, 7) is 3.60. The summed E-state index contributed by atoms with van der Waals surface area (Å²) in [5.41, 5.74) is -0.255. The highest BCUT2D eigenvalue weighted by Gasteiger charge is 2.28. The Kier molecular flexibility index (Phi) is 19.1. The van der Waals surface area contributed by atoms with Gasteiger partial charge in [-0.25, -0.2) is 9.97 Å². The third-order valence-corrected chi connectivity index (χ3v) is 18.0. The van der Waals surface area contributed by atoms with E-state index in [-0.39, 0.29) is 119 Å². The van der Waals surface area contributed by atoms with E-state index in [1.165, 1.54) is 37.3 Å². The fraction of sp³-hybridized carbons (Fsp3) is 0.222. The van der Waals surface area contributed by atoms with Crippen LogP contribution in [0.5, 0.6) is 11.6 Å². The van der Waals surface area contributed by atoms with Crippen molar-refractivity contribution >= 4 is 156 Å². The molecule has 0 saturated heterocycles. The normalized spacial score (nSPS) is 12.8. The predicted octanol–water partition coefficient (Wildman–Crippen LogP) is 8.25. The zero-order valence-corrected chi connectivity index (χ0v) is 49.3. The van der Waals surface area contributed by atoms with Gasteiger partial charge in [-0.2, -0.15) is 52.5 Å². The first-order chi connectivity index (χ1) is 39.1. The molecule has 3 aromatic heterocycles. The van der Waals surface area contributed by atoms with E-state index in [0.29, 0.717) is 16.0 Å². The van der Waals surface area contributed by atoms with Gasteiger partial charge in [0, 0.05) is 27.5 Å². The second-order valence-corrected chi connectivity index (χ2v) is 27.4. The molecule has 84 heavy (non-hydrogen) atoms. The third kappa shape index (κ3) is 15.1. The number of hydrogen-bond donors (Lipinski definition) is 7. The molecule has 3 heterocycles. The molecular formula is C45H40N10O21S8. The summed E-state index contributed by atoms with van der Waals surface area (Å²) in [5, 5.41) is 58.3. The number of fused-ring (bicyclic) bond motifs is 6. The molecule has 0 unspecified atom stereocenters. The Labute approximate surface area is 485 Å². The Morgan fingerprint density at radius 3 is 1.89 bits per heavy atom. The van der Waals surface area contributed by atoms with E-state index >= 15 is 0 Å². The van der Waals surface area contributed by atoms with Crippen molar-refractivity contribution in [3.8, 4) is 17.7 Å². The summed E-state index contributed by atoms with van der Waals surface area (Å²) in [6, 6.07) is 14.4. The van der Waals surface area contributed by atoms with Crippen LogP contribution in [0.4, 0.5) is 33.6 Å². The van der Waals surface area contributed by atoms with Gasteiger partial charge in [0.05, 0.1) is 56.9 Å².